The molecular weight excluding hydrogens is 326 g/mol. The lowest BCUT2D eigenvalue weighted by atomic mass is 10.1. The second kappa shape index (κ2) is 7.14. The van der Waals surface area contributed by atoms with Crippen LogP contribution in [0, 0.1) is 12.8 Å². The zero-order valence-electron chi connectivity index (χ0n) is 15.6. The highest BCUT2D eigenvalue weighted by Crippen LogP contribution is 2.32. The summed E-state index contributed by atoms with van der Waals surface area (Å²) in [5.41, 5.74) is 2.92. The lowest BCUT2D eigenvalue weighted by Gasteiger charge is -2.21. The number of aromatic nitrogens is 1. The Morgan fingerprint density at radius 3 is 2.85 bits per heavy atom. The average Bonchev–Trinajstić information content (AvgIpc) is 3.32. The van der Waals surface area contributed by atoms with Crippen molar-refractivity contribution < 1.29 is 9.53 Å². The summed E-state index contributed by atoms with van der Waals surface area (Å²) in [7, 11) is 1.68. The molecule has 1 atom stereocenters. The zero-order valence-corrected chi connectivity index (χ0v) is 15.6. The number of nitrogens with one attached hydrogen (secondary N) is 1. The van der Waals surface area contributed by atoms with Crippen molar-refractivity contribution in [2.45, 2.75) is 45.1 Å². The molecule has 138 valence electrons. The Bertz CT molecular complexity index is 814. The van der Waals surface area contributed by atoms with E-state index in [0.29, 0.717) is 5.91 Å². The number of carbonyl (C=O) groups excluding carboxylic acids is 1. The van der Waals surface area contributed by atoms with Gasteiger partial charge in [0.05, 0.1) is 7.11 Å². The van der Waals surface area contributed by atoms with Crippen LogP contribution >= 0.6 is 0 Å². The van der Waals surface area contributed by atoms with Crippen molar-refractivity contribution >= 4 is 22.5 Å². The quantitative estimate of drug-likeness (QED) is 0.909. The van der Waals surface area contributed by atoms with Crippen molar-refractivity contribution in [3.8, 4) is 5.75 Å². The molecule has 2 heterocycles. The van der Waals surface area contributed by atoms with Gasteiger partial charge in [0, 0.05) is 41.8 Å². The monoisotopic (exact) mass is 353 g/mol. The zero-order chi connectivity index (χ0) is 18.1. The van der Waals surface area contributed by atoms with E-state index in [1.165, 1.54) is 12.8 Å². The molecule has 2 fully saturated rings. The van der Waals surface area contributed by atoms with Crippen LogP contribution in [-0.2, 0) is 4.79 Å². The maximum atomic E-state index is 12.7. The maximum Gasteiger partial charge on any atom is 0.225 e. The molecular formula is C21H27N3O2. The number of methoxy groups -OCH3 is 1. The molecule has 0 spiro atoms. The fraction of sp³-hybridized carbons (Fsp3) is 0.524. The number of hydrogen-bond acceptors (Lipinski definition) is 4. The smallest absolute Gasteiger partial charge is 0.225 e. The predicted molar refractivity (Wildman–Crippen MR) is 104 cm³/mol. The standard InChI is InChI=1S/C21H27N3O2/c1-14-12-18(17-8-5-9-19(26-2)20(17)22-14)23-16-10-11-24(13-16)21(25)15-6-3-4-7-15/h5,8-9,12,15-16H,3-4,6-7,10-11,13H2,1-2H3,(H,22,23). The van der Waals surface area contributed by atoms with Crippen LogP contribution in [0.4, 0.5) is 5.69 Å². The van der Waals surface area contributed by atoms with Gasteiger partial charge in [-0.3, -0.25) is 4.79 Å². The number of rotatable bonds is 4. The third-order valence-corrected chi connectivity index (χ3v) is 5.71. The van der Waals surface area contributed by atoms with Gasteiger partial charge in [0.1, 0.15) is 11.3 Å². The van der Waals surface area contributed by atoms with Gasteiger partial charge in [0.25, 0.3) is 0 Å². The van der Waals surface area contributed by atoms with Crippen molar-refractivity contribution in [2.24, 2.45) is 5.92 Å². The lowest BCUT2D eigenvalue weighted by molar-refractivity contribution is -0.134. The fourth-order valence-electron chi connectivity index (χ4n) is 4.36. The summed E-state index contributed by atoms with van der Waals surface area (Å²) in [5.74, 6) is 1.42. The molecule has 4 rings (SSSR count). The van der Waals surface area contributed by atoms with Crippen molar-refractivity contribution in [1.82, 2.24) is 9.88 Å². The first-order chi connectivity index (χ1) is 12.7. The molecule has 5 heteroatoms. The summed E-state index contributed by atoms with van der Waals surface area (Å²) in [5, 5.41) is 4.73. The number of para-hydroxylation sites is 1. The first-order valence-electron chi connectivity index (χ1n) is 9.65. The molecule has 1 aromatic heterocycles. The lowest BCUT2D eigenvalue weighted by Crippen LogP contribution is -2.35. The van der Waals surface area contributed by atoms with Crippen LogP contribution in [0.2, 0.25) is 0 Å². The molecule has 2 aromatic rings. The van der Waals surface area contributed by atoms with Crippen molar-refractivity contribution in [2.75, 3.05) is 25.5 Å². The Labute approximate surface area is 154 Å². The van der Waals surface area contributed by atoms with Crippen LogP contribution in [-0.4, -0.2) is 42.0 Å². The summed E-state index contributed by atoms with van der Waals surface area (Å²) in [4.78, 5) is 19.4. The second-order valence-corrected chi connectivity index (χ2v) is 7.56. The van der Waals surface area contributed by atoms with Crippen LogP contribution in [0.5, 0.6) is 5.75 Å². The summed E-state index contributed by atoms with van der Waals surface area (Å²) >= 11 is 0. The van der Waals surface area contributed by atoms with Gasteiger partial charge in [-0.1, -0.05) is 25.0 Å². The number of pyridine rings is 1. The normalized spacial score (nSPS) is 20.7. The van der Waals surface area contributed by atoms with Gasteiger partial charge < -0.3 is 15.0 Å². The number of likely N-dealkylation sites (tertiary alicyclic amines) is 1. The largest absolute Gasteiger partial charge is 0.494 e. The molecule has 1 saturated carbocycles. The number of amides is 1. The molecule has 5 nitrogen and oxygen atoms in total. The molecule has 0 radical (unpaired) electrons. The third kappa shape index (κ3) is 3.22. The van der Waals surface area contributed by atoms with Crippen LogP contribution in [0.1, 0.15) is 37.8 Å². The van der Waals surface area contributed by atoms with E-state index in [-0.39, 0.29) is 12.0 Å². The number of benzene rings is 1. The molecule has 1 unspecified atom stereocenters. The Kier molecular flexibility index (Phi) is 4.70. The molecule has 1 saturated heterocycles. The number of aryl methyl sites for hydroxylation is 1. The fourth-order valence-corrected chi connectivity index (χ4v) is 4.36. The van der Waals surface area contributed by atoms with Crippen molar-refractivity contribution in [1.29, 1.82) is 0 Å². The third-order valence-electron chi connectivity index (χ3n) is 5.71. The molecule has 2 aliphatic rings. The van der Waals surface area contributed by atoms with Crippen LogP contribution in [0.15, 0.2) is 24.3 Å². The number of ether oxygens (including phenoxy) is 1. The minimum Gasteiger partial charge on any atom is -0.494 e. The summed E-state index contributed by atoms with van der Waals surface area (Å²) in [6.45, 7) is 3.65. The highest BCUT2D eigenvalue weighted by atomic mass is 16.5. The predicted octanol–water partition coefficient (Wildman–Crippen LogP) is 3.75. The highest BCUT2D eigenvalue weighted by Gasteiger charge is 2.32. The van der Waals surface area contributed by atoms with E-state index >= 15 is 0 Å². The summed E-state index contributed by atoms with van der Waals surface area (Å²) in [6, 6.07) is 8.38. The van der Waals surface area contributed by atoms with E-state index in [9.17, 15) is 4.79 Å². The number of hydrogen-bond donors (Lipinski definition) is 1. The summed E-state index contributed by atoms with van der Waals surface area (Å²) < 4.78 is 5.47. The molecule has 1 aliphatic carbocycles. The number of anilines is 1. The first kappa shape index (κ1) is 17.1. The van der Waals surface area contributed by atoms with E-state index in [4.69, 9.17) is 4.74 Å². The van der Waals surface area contributed by atoms with Gasteiger partial charge in [0.15, 0.2) is 0 Å². The van der Waals surface area contributed by atoms with Gasteiger partial charge in [-0.25, -0.2) is 4.98 Å². The number of carbonyl (C=O) groups is 1. The number of fused-ring (bicyclic) bond motifs is 1. The minimum atomic E-state index is 0.266. The van der Waals surface area contributed by atoms with Crippen LogP contribution in [0.3, 0.4) is 0 Å². The second-order valence-electron chi connectivity index (χ2n) is 7.56. The Morgan fingerprint density at radius 2 is 2.08 bits per heavy atom. The first-order valence-corrected chi connectivity index (χ1v) is 9.65. The Morgan fingerprint density at radius 1 is 1.27 bits per heavy atom. The van der Waals surface area contributed by atoms with Crippen LogP contribution < -0.4 is 10.1 Å². The van der Waals surface area contributed by atoms with Gasteiger partial charge in [-0.15, -0.1) is 0 Å². The number of nitrogens with zero attached hydrogens (tertiary/aromatic N) is 2. The van der Waals surface area contributed by atoms with E-state index < -0.39 is 0 Å². The summed E-state index contributed by atoms with van der Waals surface area (Å²) in [6.07, 6.45) is 5.54. The molecule has 0 bridgehead atoms. The minimum absolute atomic E-state index is 0.266. The van der Waals surface area contributed by atoms with E-state index in [1.807, 2.05) is 19.1 Å². The molecule has 1 aromatic carbocycles. The molecule has 1 N–H and O–H groups in total. The maximum absolute atomic E-state index is 12.7. The van der Waals surface area contributed by atoms with Gasteiger partial charge >= 0.3 is 0 Å². The van der Waals surface area contributed by atoms with E-state index in [1.54, 1.807) is 7.11 Å². The average molecular weight is 353 g/mol. The Hall–Kier alpha value is -2.30. The van der Waals surface area contributed by atoms with Crippen molar-refractivity contribution in [3.63, 3.8) is 0 Å². The Balaban J connectivity index is 1.52. The highest BCUT2D eigenvalue weighted by molar-refractivity contribution is 5.95. The topological polar surface area (TPSA) is 54.5 Å². The SMILES string of the molecule is COc1cccc2c(NC3CCN(C(=O)C4CCCC4)C3)cc(C)nc12. The van der Waals surface area contributed by atoms with Crippen LogP contribution in [0.25, 0.3) is 10.9 Å². The molecule has 26 heavy (non-hydrogen) atoms. The molecule has 1 amide bonds. The van der Waals surface area contributed by atoms with E-state index in [0.717, 1.165) is 60.4 Å². The van der Waals surface area contributed by atoms with Gasteiger partial charge in [0.2, 0.25) is 5.91 Å². The molecule has 1 aliphatic heterocycles. The van der Waals surface area contributed by atoms with Gasteiger partial charge in [-0.2, -0.15) is 0 Å². The van der Waals surface area contributed by atoms with Crippen molar-refractivity contribution in [3.05, 3.63) is 30.0 Å². The van der Waals surface area contributed by atoms with E-state index in [2.05, 4.69) is 27.3 Å². The van der Waals surface area contributed by atoms with Gasteiger partial charge in [-0.05, 0) is 38.3 Å².